The van der Waals surface area contributed by atoms with Crippen LogP contribution in [-0.4, -0.2) is 13.6 Å². The highest BCUT2D eigenvalue weighted by molar-refractivity contribution is 5.27. The van der Waals surface area contributed by atoms with Gasteiger partial charge in [-0.15, -0.1) is 0 Å². The molecule has 1 saturated carbocycles. The van der Waals surface area contributed by atoms with Crippen molar-refractivity contribution in [2.75, 3.05) is 13.6 Å². The molecular weight excluding hydrogens is 225 g/mol. The van der Waals surface area contributed by atoms with Gasteiger partial charge in [-0.3, -0.25) is 0 Å². The van der Waals surface area contributed by atoms with Crippen LogP contribution in [0.4, 0.5) is 4.39 Å². The summed E-state index contributed by atoms with van der Waals surface area (Å²) in [6, 6.07) is 5.80. The molecule has 2 unspecified atom stereocenters. The summed E-state index contributed by atoms with van der Waals surface area (Å²) in [5.41, 5.74) is 1.94. The molecule has 0 amide bonds. The zero-order valence-corrected chi connectivity index (χ0v) is 11.5. The highest BCUT2D eigenvalue weighted by atomic mass is 19.1. The first kappa shape index (κ1) is 13.5. The third kappa shape index (κ3) is 3.11. The van der Waals surface area contributed by atoms with E-state index in [0.29, 0.717) is 11.8 Å². The molecule has 100 valence electrons. The molecule has 0 radical (unpaired) electrons. The van der Waals surface area contributed by atoms with Crippen molar-refractivity contribution in [3.8, 4) is 0 Å². The van der Waals surface area contributed by atoms with E-state index >= 15 is 0 Å². The van der Waals surface area contributed by atoms with Crippen LogP contribution in [0.5, 0.6) is 0 Å². The minimum Gasteiger partial charge on any atom is -0.319 e. The van der Waals surface area contributed by atoms with E-state index < -0.39 is 0 Å². The van der Waals surface area contributed by atoms with Crippen LogP contribution in [0.2, 0.25) is 0 Å². The first-order valence-corrected chi connectivity index (χ1v) is 7.13. The van der Waals surface area contributed by atoms with Gasteiger partial charge in [0.25, 0.3) is 0 Å². The molecule has 1 N–H and O–H groups in total. The second-order valence-corrected chi connectivity index (χ2v) is 5.57. The normalized spacial score (nSPS) is 24.8. The van der Waals surface area contributed by atoms with Gasteiger partial charge >= 0.3 is 0 Å². The molecule has 0 aliphatic heterocycles. The molecule has 1 aliphatic carbocycles. The van der Waals surface area contributed by atoms with Gasteiger partial charge in [0.15, 0.2) is 0 Å². The van der Waals surface area contributed by atoms with E-state index in [1.54, 1.807) is 6.07 Å². The molecule has 0 heterocycles. The Balaban J connectivity index is 2.22. The highest BCUT2D eigenvalue weighted by Crippen LogP contribution is 2.36. The molecule has 2 rings (SSSR count). The van der Waals surface area contributed by atoms with Crippen molar-refractivity contribution < 1.29 is 4.39 Å². The summed E-state index contributed by atoms with van der Waals surface area (Å²) in [6.07, 6.45) is 6.39. The van der Waals surface area contributed by atoms with Crippen LogP contribution < -0.4 is 5.32 Å². The molecule has 1 aliphatic rings. The van der Waals surface area contributed by atoms with Gasteiger partial charge in [-0.25, -0.2) is 4.39 Å². The van der Waals surface area contributed by atoms with Crippen LogP contribution in [0, 0.1) is 18.7 Å². The summed E-state index contributed by atoms with van der Waals surface area (Å²) < 4.78 is 13.7. The zero-order chi connectivity index (χ0) is 13.0. The molecule has 1 nitrogen and oxygen atoms in total. The molecule has 0 saturated heterocycles. The smallest absolute Gasteiger partial charge is 0.126 e. The summed E-state index contributed by atoms with van der Waals surface area (Å²) in [6.45, 7) is 2.87. The predicted octanol–water partition coefficient (Wildman–Crippen LogP) is 4.02. The minimum absolute atomic E-state index is 0.0556. The number of aryl methyl sites for hydroxylation is 1. The van der Waals surface area contributed by atoms with Crippen LogP contribution in [0.1, 0.15) is 49.1 Å². The van der Waals surface area contributed by atoms with Gasteiger partial charge in [0.1, 0.15) is 5.82 Å². The quantitative estimate of drug-likeness (QED) is 0.798. The van der Waals surface area contributed by atoms with E-state index in [2.05, 4.69) is 11.4 Å². The van der Waals surface area contributed by atoms with E-state index in [0.717, 1.165) is 12.1 Å². The van der Waals surface area contributed by atoms with E-state index in [1.807, 2.05) is 20.0 Å². The summed E-state index contributed by atoms with van der Waals surface area (Å²) in [4.78, 5) is 0. The first-order valence-electron chi connectivity index (χ1n) is 7.13. The average Bonchev–Trinajstić information content (AvgIpc) is 2.59. The van der Waals surface area contributed by atoms with Crippen molar-refractivity contribution in [1.82, 2.24) is 5.32 Å². The molecule has 1 aromatic carbocycles. The molecule has 0 aromatic heterocycles. The maximum absolute atomic E-state index is 13.7. The lowest BCUT2D eigenvalue weighted by atomic mass is 9.82. The third-order valence-electron chi connectivity index (χ3n) is 4.25. The molecule has 18 heavy (non-hydrogen) atoms. The Morgan fingerprint density at radius 2 is 2.00 bits per heavy atom. The molecule has 1 aromatic rings. The summed E-state index contributed by atoms with van der Waals surface area (Å²) in [5.74, 6) is 1.12. The summed E-state index contributed by atoms with van der Waals surface area (Å²) in [7, 11) is 2.01. The van der Waals surface area contributed by atoms with Crippen LogP contribution in [0.15, 0.2) is 18.2 Å². The largest absolute Gasteiger partial charge is 0.319 e. The van der Waals surface area contributed by atoms with Crippen LogP contribution in [0.25, 0.3) is 0 Å². The van der Waals surface area contributed by atoms with Crippen LogP contribution >= 0.6 is 0 Å². The van der Waals surface area contributed by atoms with Crippen molar-refractivity contribution in [3.05, 3.63) is 35.1 Å². The second-order valence-electron chi connectivity index (χ2n) is 5.57. The number of rotatable bonds is 3. The van der Waals surface area contributed by atoms with E-state index in [4.69, 9.17) is 0 Å². The van der Waals surface area contributed by atoms with Crippen molar-refractivity contribution >= 4 is 0 Å². The lowest BCUT2D eigenvalue weighted by molar-refractivity contribution is 0.385. The molecule has 2 atom stereocenters. The van der Waals surface area contributed by atoms with Gasteiger partial charge in [-0.1, -0.05) is 31.4 Å². The summed E-state index contributed by atoms with van der Waals surface area (Å²) in [5, 5.41) is 3.30. The van der Waals surface area contributed by atoms with Gasteiger partial charge < -0.3 is 5.32 Å². The number of nitrogens with one attached hydrogen (secondary N) is 1. The van der Waals surface area contributed by atoms with Gasteiger partial charge in [-0.05, 0) is 62.4 Å². The van der Waals surface area contributed by atoms with Gasteiger partial charge in [0.2, 0.25) is 0 Å². The Kier molecular flexibility index (Phi) is 4.76. The highest BCUT2D eigenvalue weighted by Gasteiger charge is 2.24. The Labute approximate surface area is 110 Å². The Bertz CT molecular complexity index is 389. The fraction of sp³-hybridized carbons (Fsp3) is 0.625. The standard InChI is InChI=1S/C16H24FN/c1-12-8-9-13(10-16(12)17)15-7-5-3-4-6-14(15)11-18-2/h8-10,14-15,18H,3-7,11H2,1-2H3. The molecule has 0 bridgehead atoms. The molecule has 2 heteroatoms. The fourth-order valence-electron chi connectivity index (χ4n) is 3.17. The minimum atomic E-state index is -0.0556. The third-order valence-corrected chi connectivity index (χ3v) is 4.25. The first-order chi connectivity index (χ1) is 8.72. The lowest BCUT2D eigenvalue weighted by Gasteiger charge is -2.25. The maximum Gasteiger partial charge on any atom is 0.126 e. The van der Waals surface area contributed by atoms with Crippen molar-refractivity contribution in [2.45, 2.75) is 44.9 Å². The topological polar surface area (TPSA) is 12.0 Å². The second kappa shape index (κ2) is 6.33. The fourth-order valence-corrected chi connectivity index (χ4v) is 3.17. The van der Waals surface area contributed by atoms with Crippen LogP contribution in [0.3, 0.4) is 0 Å². The van der Waals surface area contributed by atoms with Crippen LogP contribution in [-0.2, 0) is 0 Å². The van der Waals surface area contributed by atoms with Gasteiger partial charge in [-0.2, -0.15) is 0 Å². The number of hydrogen-bond donors (Lipinski definition) is 1. The van der Waals surface area contributed by atoms with Gasteiger partial charge in [0, 0.05) is 0 Å². The summed E-state index contributed by atoms with van der Waals surface area (Å²) >= 11 is 0. The number of hydrogen-bond acceptors (Lipinski definition) is 1. The Hall–Kier alpha value is -0.890. The van der Waals surface area contributed by atoms with E-state index in [1.165, 1.54) is 37.7 Å². The molecule has 0 spiro atoms. The monoisotopic (exact) mass is 249 g/mol. The zero-order valence-electron chi connectivity index (χ0n) is 11.5. The lowest BCUT2D eigenvalue weighted by Crippen LogP contribution is -2.24. The van der Waals surface area contributed by atoms with Gasteiger partial charge in [0.05, 0.1) is 0 Å². The maximum atomic E-state index is 13.7. The molecular formula is C16H24FN. The van der Waals surface area contributed by atoms with E-state index in [-0.39, 0.29) is 5.82 Å². The predicted molar refractivity (Wildman–Crippen MR) is 74.4 cm³/mol. The Morgan fingerprint density at radius 1 is 1.22 bits per heavy atom. The average molecular weight is 249 g/mol. The number of benzene rings is 1. The van der Waals surface area contributed by atoms with Crippen molar-refractivity contribution in [1.29, 1.82) is 0 Å². The van der Waals surface area contributed by atoms with E-state index in [9.17, 15) is 4.39 Å². The molecule has 1 fully saturated rings. The van der Waals surface area contributed by atoms with Crippen molar-refractivity contribution in [3.63, 3.8) is 0 Å². The van der Waals surface area contributed by atoms with Crippen molar-refractivity contribution in [2.24, 2.45) is 5.92 Å². The Morgan fingerprint density at radius 3 is 2.72 bits per heavy atom. The SMILES string of the molecule is CNCC1CCCCCC1c1ccc(C)c(F)c1. The number of halogens is 1.